The highest BCUT2D eigenvalue weighted by atomic mass is 16.5. The van der Waals surface area contributed by atoms with E-state index in [1.54, 1.807) is 15.6 Å². The number of anilines is 1. The number of fused-ring (bicyclic) bond motifs is 1. The maximum atomic E-state index is 13.6. The van der Waals surface area contributed by atoms with Crippen molar-refractivity contribution in [3.63, 3.8) is 0 Å². The molecular formula is C24H25N7O2. The van der Waals surface area contributed by atoms with E-state index in [1.807, 2.05) is 36.3 Å². The number of amides is 1. The minimum Gasteiger partial charge on any atom is -0.380 e. The molecule has 3 aromatic heterocycles. The molecule has 0 N–H and O–H groups in total. The van der Waals surface area contributed by atoms with E-state index in [2.05, 4.69) is 16.3 Å². The molecule has 2 aliphatic carbocycles. The number of nitriles is 1. The van der Waals surface area contributed by atoms with Crippen molar-refractivity contribution in [1.29, 1.82) is 5.26 Å². The lowest BCUT2D eigenvalue weighted by Gasteiger charge is -2.53. The van der Waals surface area contributed by atoms with Gasteiger partial charge in [-0.25, -0.2) is 9.50 Å². The Labute approximate surface area is 190 Å². The van der Waals surface area contributed by atoms with Crippen molar-refractivity contribution < 1.29 is 9.53 Å². The second-order valence-corrected chi connectivity index (χ2v) is 10.4. The normalized spacial score (nSPS) is 28.8. The van der Waals surface area contributed by atoms with Gasteiger partial charge in [-0.15, -0.1) is 0 Å². The van der Waals surface area contributed by atoms with Gasteiger partial charge in [-0.05, 0) is 37.7 Å². The van der Waals surface area contributed by atoms with E-state index >= 15 is 0 Å². The predicted molar refractivity (Wildman–Crippen MR) is 118 cm³/mol. The van der Waals surface area contributed by atoms with Crippen LogP contribution in [0.4, 0.5) is 5.82 Å². The molecule has 0 radical (unpaired) electrons. The van der Waals surface area contributed by atoms with Gasteiger partial charge in [0.1, 0.15) is 10.9 Å². The number of hydrogen-bond acceptors (Lipinski definition) is 6. The summed E-state index contributed by atoms with van der Waals surface area (Å²) in [6, 6.07) is 4.67. The SMILES string of the molecule is C[C@@H]1CN(c2nc(-c3cnn(C4CC5(COC5)C4)c3)cn3nccc23)C(=O)[C@]1(C#N)C1CC1. The van der Waals surface area contributed by atoms with Crippen molar-refractivity contribution >= 4 is 17.2 Å². The monoisotopic (exact) mass is 443 g/mol. The van der Waals surface area contributed by atoms with Crippen LogP contribution < -0.4 is 4.90 Å². The Morgan fingerprint density at radius 2 is 2.03 bits per heavy atom. The second kappa shape index (κ2) is 6.41. The van der Waals surface area contributed by atoms with Gasteiger partial charge in [-0.3, -0.25) is 14.4 Å². The molecule has 33 heavy (non-hydrogen) atoms. The fourth-order valence-corrected chi connectivity index (χ4v) is 6.15. The summed E-state index contributed by atoms with van der Waals surface area (Å²) < 4.78 is 9.19. The van der Waals surface area contributed by atoms with Gasteiger partial charge in [0.05, 0.1) is 49.6 Å². The lowest BCUT2D eigenvalue weighted by atomic mass is 9.64. The summed E-state index contributed by atoms with van der Waals surface area (Å²) >= 11 is 0. The van der Waals surface area contributed by atoms with E-state index in [4.69, 9.17) is 9.72 Å². The van der Waals surface area contributed by atoms with E-state index < -0.39 is 5.41 Å². The van der Waals surface area contributed by atoms with Crippen molar-refractivity contribution in [2.24, 2.45) is 22.7 Å². The molecule has 4 aliphatic rings. The summed E-state index contributed by atoms with van der Waals surface area (Å²) in [7, 11) is 0. The van der Waals surface area contributed by atoms with Gasteiger partial charge in [0.25, 0.3) is 0 Å². The molecule has 168 valence electrons. The third kappa shape index (κ3) is 2.55. The van der Waals surface area contributed by atoms with Crippen LogP contribution in [0.2, 0.25) is 0 Å². The van der Waals surface area contributed by atoms with Crippen molar-refractivity contribution in [1.82, 2.24) is 24.4 Å². The summed E-state index contributed by atoms with van der Waals surface area (Å²) in [6.07, 6.45) is 11.6. The molecule has 0 bridgehead atoms. The van der Waals surface area contributed by atoms with E-state index in [1.165, 1.54) is 0 Å². The highest BCUT2D eigenvalue weighted by Crippen LogP contribution is 2.55. The van der Waals surface area contributed by atoms with Gasteiger partial charge >= 0.3 is 0 Å². The summed E-state index contributed by atoms with van der Waals surface area (Å²) in [5.74, 6) is 0.566. The minimum absolute atomic E-state index is 0.0416. The molecule has 2 aliphatic heterocycles. The Balaban J connectivity index is 1.25. The van der Waals surface area contributed by atoms with Crippen LogP contribution in [0, 0.1) is 34.0 Å². The first-order valence-electron chi connectivity index (χ1n) is 11.7. The van der Waals surface area contributed by atoms with Gasteiger partial charge in [0.15, 0.2) is 5.82 Å². The Hall–Kier alpha value is -3.25. The molecule has 2 saturated carbocycles. The molecule has 2 saturated heterocycles. The first-order chi connectivity index (χ1) is 16.0. The van der Waals surface area contributed by atoms with Crippen LogP contribution in [-0.2, 0) is 9.53 Å². The molecule has 9 nitrogen and oxygen atoms in total. The quantitative estimate of drug-likeness (QED) is 0.615. The van der Waals surface area contributed by atoms with E-state index in [0.717, 1.165) is 55.7 Å². The minimum atomic E-state index is -0.939. The third-order valence-electron chi connectivity index (χ3n) is 8.29. The van der Waals surface area contributed by atoms with Gasteiger partial charge < -0.3 is 4.74 Å². The van der Waals surface area contributed by atoms with Crippen molar-refractivity contribution in [3.05, 3.63) is 30.9 Å². The van der Waals surface area contributed by atoms with Gasteiger partial charge in [0, 0.05) is 29.6 Å². The maximum absolute atomic E-state index is 13.6. The zero-order chi connectivity index (χ0) is 22.4. The first-order valence-corrected chi connectivity index (χ1v) is 11.7. The fraction of sp³-hybridized carbons (Fsp3) is 0.542. The highest BCUT2D eigenvalue weighted by molar-refractivity contribution is 6.04. The Morgan fingerprint density at radius 1 is 1.21 bits per heavy atom. The van der Waals surface area contributed by atoms with Crippen molar-refractivity contribution in [3.8, 4) is 17.3 Å². The van der Waals surface area contributed by atoms with Crippen LogP contribution in [0.3, 0.4) is 0 Å². The van der Waals surface area contributed by atoms with Gasteiger partial charge in [0.2, 0.25) is 5.91 Å². The summed E-state index contributed by atoms with van der Waals surface area (Å²) in [6.45, 7) is 4.24. The zero-order valence-corrected chi connectivity index (χ0v) is 18.5. The zero-order valence-electron chi connectivity index (χ0n) is 18.5. The van der Waals surface area contributed by atoms with Gasteiger partial charge in [-0.1, -0.05) is 6.92 Å². The van der Waals surface area contributed by atoms with Crippen molar-refractivity contribution in [2.75, 3.05) is 24.7 Å². The molecule has 4 fully saturated rings. The largest absolute Gasteiger partial charge is 0.380 e. The molecule has 5 heterocycles. The number of nitrogens with zero attached hydrogens (tertiary/aromatic N) is 7. The Kier molecular flexibility index (Phi) is 3.74. The second-order valence-electron chi connectivity index (χ2n) is 10.4. The molecule has 0 unspecified atom stereocenters. The number of rotatable bonds is 4. The molecule has 3 aromatic rings. The third-order valence-corrected chi connectivity index (χ3v) is 8.29. The Bertz CT molecular complexity index is 1320. The van der Waals surface area contributed by atoms with Crippen LogP contribution in [0.25, 0.3) is 16.8 Å². The first kappa shape index (κ1) is 19.2. The van der Waals surface area contributed by atoms with Crippen LogP contribution in [0.5, 0.6) is 0 Å². The lowest BCUT2D eigenvalue weighted by Crippen LogP contribution is -2.52. The standard InChI is InChI=1S/C24H25N7O2/c1-15-9-29(22(32)24(15,12-25)17-2-3-17)21-20-4-5-26-31(20)11-19(28-21)16-8-27-30(10-16)18-6-23(7-18)13-33-14-23/h4-5,8,10-11,15,17-18H,2-3,6-7,9,13-14H2,1H3/t15-,24+/m1/s1. The van der Waals surface area contributed by atoms with Crippen LogP contribution in [-0.4, -0.2) is 50.0 Å². The lowest BCUT2D eigenvalue weighted by molar-refractivity contribution is -0.175. The van der Waals surface area contributed by atoms with Crippen LogP contribution >= 0.6 is 0 Å². The molecule has 0 aromatic carbocycles. The average molecular weight is 444 g/mol. The average Bonchev–Trinajstić information content (AvgIpc) is 3.19. The smallest absolute Gasteiger partial charge is 0.249 e. The number of ether oxygens (including phenoxy) is 1. The molecule has 1 spiro atoms. The number of hydrogen-bond donors (Lipinski definition) is 0. The maximum Gasteiger partial charge on any atom is 0.249 e. The predicted octanol–water partition coefficient (Wildman–Crippen LogP) is 2.85. The molecular weight excluding hydrogens is 418 g/mol. The van der Waals surface area contributed by atoms with E-state index in [-0.39, 0.29) is 17.7 Å². The van der Waals surface area contributed by atoms with Gasteiger partial charge in [-0.2, -0.15) is 15.5 Å². The van der Waals surface area contributed by atoms with E-state index in [0.29, 0.717) is 23.8 Å². The van der Waals surface area contributed by atoms with Crippen LogP contribution in [0.1, 0.15) is 38.6 Å². The summed E-state index contributed by atoms with van der Waals surface area (Å²) in [5, 5.41) is 19.1. The summed E-state index contributed by atoms with van der Waals surface area (Å²) in [5.41, 5.74) is 1.81. The highest BCUT2D eigenvalue weighted by Gasteiger charge is 2.61. The molecule has 1 amide bonds. The molecule has 7 rings (SSSR count). The summed E-state index contributed by atoms with van der Waals surface area (Å²) in [4.78, 5) is 20.2. The Morgan fingerprint density at radius 3 is 2.73 bits per heavy atom. The molecule has 2 atom stereocenters. The molecule has 9 heteroatoms. The van der Waals surface area contributed by atoms with Crippen molar-refractivity contribution in [2.45, 2.75) is 38.6 Å². The number of carbonyl (C=O) groups excluding carboxylic acids is 1. The fourth-order valence-electron chi connectivity index (χ4n) is 6.15. The van der Waals surface area contributed by atoms with Crippen LogP contribution in [0.15, 0.2) is 30.9 Å². The van der Waals surface area contributed by atoms with E-state index in [9.17, 15) is 10.1 Å². The topological polar surface area (TPSA) is 101 Å². The number of aromatic nitrogens is 5. The number of carbonyl (C=O) groups is 1.